The Kier molecular flexibility index (Phi) is 3.18. The van der Waals surface area contributed by atoms with Gasteiger partial charge >= 0.3 is 0 Å². The lowest BCUT2D eigenvalue weighted by molar-refractivity contribution is 0.0823. The molecule has 0 aliphatic rings. The van der Waals surface area contributed by atoms with Crippen LogP contribution in [0.5, 0.6) is 0 Å². The van der Waals surface area contributed by atoms with E-state index >= 15 is 0 Å². The molecule has 4 heteroatoms. The van der Waals surface area contributed by atoms with Crippen LogP contribution in [0.15, 0.2) is 54.6 Å². The summed E-state index contributed by atoms with van der Waals surface area (Å²) in [5, 5.41) is 10.7. The van der Waals surface area contributed by atoms with Crippen molar-refractivity contribution in [1.82, 2.24) is 5.17 Å². The zero-order valence-electron chi connectivity index (χ0n) is 9.04. The molecule has 0 saturated carbocycles. The van der Waals surface area contributed by atoms with Gasteiger partial charge in [-0.15, -0.1) is 0 Å². The van der Waals surface area contributed by atoms with Crippen LogP contribution in [0.2, 0.25) is 0 Å². The Morgan fingerprint density at radius 3 is 2.24 bits per heavy atom. The van der Waals surface area contributed by atoms with Gasteiger partial charge in [0.2, 0.25) is 0 Å². The molecule has 17 heavy (non-hydrogen) atoms. The maximum absolute atomic E-state index is 11.6. The number of hydrogen-bond donors (Lipinski definition) is 1. The third-order valence-corrected chi connectivity index (χ3v) is 2.44. The minimum absolute atomic E-state index is 0.151. The van der Waals surface area contributed by atoms with Crippen molar-refractivity contribution in [2.75, 3.05) is 0 Å². The normalized spacial score (nSPS) is 10.0. The highest BCUT2D eigenvalue weighted by Crippen LogP contribution is 2.23. The Labute approximate surface area is 98.8 Å². The molecule has 86 valence electrons. The monoisotopic (exact) mass is 227 g/mol. The second kappa shape index (κ2) is 4.78. The molecule has 1 amide bonds. The summed E-state index contributed by atoms with van der Waals surface area (Å²) >= 11 is 0. The first-order valence-corrected chi connectivity index (χ1v) is 5.11. The first kappa shape index (κ1) is 11.3. The van der Waals surface area contributed by atoms with Crippen molar-refractivity contribution < 1.29 is 4.79 Å². The van der Waals surface area contributed by atoms with Crippen molar-refractivity contribution in [2.24, 2.45) is 5.84 Å². The molecule has 0 spiro atoms. The van der Waals surface area contributed by atoms with Crippen LogP contribution in [0.25, 0.3) is 11.1 Å². The zero-order valence-corrected chi connectivity index (χ0v) is 9.04. The molecule has 0 radical (unpaired) electrons. The van der Waals surface area contributed by atoms with Gasteiger partial charge in [-0.05, 0) is 17.2 Å². The number of carbonyl (C=O) groups excluding carboxylic acids is 1. The molecule has 0 fully saturated rings. The number of carbonyl (C=O) groups is 1. The molecule has 0 unspecified atom stereocenters. The molecular formula is C13H11N2O2-. The number of rotatable bonds is 2. The maximum atomic E-state index is 11.6. The molecule has 2 aromatic carbocycles. The number of hydrogen-bond acceptors (Lipinski definition) is 3. The molecule has 2 rings (SSSR count). The summed E-state index contributed by atoms with van der Waals surface area (Å²) in [5.41, 5.74) is 1.87. The Hall–Kier alpha value is -2.17. The van der Waals surface area contributed by atoms with Gasteiger partial charge in [0.1, 0.15) is 0 Å². The molecule has 0 aliphatic carbocycles. The van der Waals surface area contributed by atoms with Crippen molar-refractivity contribution in [3.05, 3.63) is 65.4 Å². The minimum atomic E-state index is -0.746. The number of hydrazine groups is 1. The first-order chi connectivity index (χ1) is 8.20. The van der Waals surface area contributed by atoms with E-state index < -0.39 is 5.91 Å². The molecule has 0 atom stereocenters. The standard InChI is InChI=1S/C13H11N2O2/c14-15(17)13(16)12-9-5-4-8-11(12)10-6-2-1-3-7-10/h1-9H,14H2/q-1. The highest BCUT2D eigenvalue weighted by Gasteiger charge is 2.11. The fourth-order valence-electron chi connectivity index (χ4n) is 1.66. The molecule has 0 heterocycles. The van der Waals surface area contributed by atoms with Gasteiger partial charge in [-0.1, -0.05) is 48.5 Å². The summed E-state index contributed by atoms with van der Waals surface area (Å²) in [7, 11) is 0. The SMILES string of the molecule is NN([O-])C(=O)c1ccccc1-c1ccccc1. The average molecular weight is 227 g/mol. The van der Waals surface area contributed by atoms with E-state index in [1.807, 2.05) is 36.4 Å². The summed E-state index contributed by atoms with van der Waals surface area (Å²) in [6, 6.07) is 16.2. The van der Waals surface area contributed by atoms with E-state index in [0.29, 0.717) is 11.1 Å². The van der Waals surface area contributed by atoms with Gasteiger partial charge in [0.25, 0.3) is 5.91 Å². The molecule has 4 nitrogen and oxygen atoms in total. The van der Waals surface area contributed by atoms with Crippen LogP contribution >= 0.6 is 0 Å². The average Bonchev–Trinajstić information content (AvgIpc) is 2.39. The lowest BCUT2D eigenvalue weighted by atomic mass is 9.99. The van der Waals surface area contributed by atoms with Gasteiger partial charge in [0.05, 0.1) is 0 Å². The Morgan fingerprint density at radius 1 is 1.00 bits per heavy atom. The van der Waals surface area contributed by atoms with Gasteiger partial charge in [-0.2, -0.15) is 0 Å². The zero-order chi connectivity index (χ0) is 12.3. The van der Waals surface area contributed by atoms with E-state index in [-0.39, 0.29) is 5.17 Å². The molecule has 0 aromatic heterocycles. The third-order valence-electron chi connectivity index (χ3n) is 2.44. The van der Waals surface area contributed by atoms with Crippen molar-refractivity contribution in [1.29, 1.82) is 0 Å². The summed E-state index contributed by atoms with van der Waals surface area (Å²) in [4.78, 5) is 11.6. The minimum Gasteiger partial charge on any atom is -0.741 e. The number of nitrogens with two attached hydrogens (primary N) is 1. The topological polar surface area (TPSA) is 69.4 Å². The van der Waals surface area contributed by atoms with Crippen LogP contribution in [0.4, 0.5) is 0 Å². The van der Waals surface area contributed by atoms with E-state index in [2.05, 4.69) is 0 Å². The molecule has 0 saturated heterocycles. The van der Waals surface area contributed by atoms with Crippen molar-refractivity contribution in [3.8, 4) is 11.1 Å². The van der Waals surface area contributed by atoms with Crippen molar-refractivity contribution >= 4 is 5.91 Å². The van der Waals surface area contributed by atoms with Crippen LogP contribution in [-0.2, 0) is 0 Å². The van der Waals surface area contributed by atoms with Gasteiger partial charge in [0, 0.05) is 5.56 Å². The van der Waals surface area contributed by atoms with Crippen LogP contribution in [0.1, 0.15) is 10.4 Å². The number of amides is 1. The number of hydroxylamine groups is 1. The van der Waals surface area contributed by atoms with Gasteiger partial charge in [-0.3, -0.25) is 10.6 Å². The highest BCUT2D eigenvalue weighted by atomic mass is 16.5. The lowest BCUT2D eigenvalue weighted by Crippen LogP contribution is -2.31. The second-order valence-electron chi connectivity index (χ2n) is 3.54. The fourth-order valence-corrected chi connectivity index (χ4v) is 1.66. The summed E-state index contributed by atoms with van der Waals surface area (Å²) < 4.78 is 0. The lowest BCUT2D eigenvalue weighted by Gasteiger charge is -2.22. The summed E-state index contributed by atoms with van der Waals surface area (Å²) in [6.07, 6.45) is 0. The molecule has 2 aromatic rings. The Balaban J connectivity index is 2.52. The predicted molar refractivity (Wildman–Crippen MR) is 65.6 cm³/mol. The van der Waals surface area contributed by atoms with Crippen LogP contribution in [0, 0.1) is 5.21 Å². The van der Waals surface area contributed by atoms with Crippen molar-refractivity contribution in [3.63, 3.8) is 0 Å². The van der Waals surface area contributed by atoms with Gasteiger partial charge in [-0.25, -0.2) is 0 Å². The summed E-state index contributed by atoms with van der Waals surface area (Å²) in [6.45, 7) is 0. The maximum Gasteiger partial charge on any atom is 0.258 e. The van der Waals surface area contributed by atoms with Crippen molar-refractivity contribution in [2.45, 2.75) is 0 Å². The third kappa shape index (κ3) is 2.33. The van der Waals surface area contributed by atoms with Gasteiger partial charge < -0.3 is 10.4 Å². The molecule has 2 N–H and O–H groups in total. The largest absolute Gasteiger partial charge is 0.741 e. The number of nitrogens with zero attached hydrogens (tertiary/aromatic N) is 1. The smallest absolute Gasteiger partial charge is 0.258 e. The second-order valence-corrected chi connectivity index (χ2v) is 3.54. The van der Waals surface area contributed by atoms with E-state index in [0.717, 1.165) is 5.56 Å². The van der Waals surface area contributed by atoms with Gasteiger partial charge in [0.15, 0.2) is 0 Å². The van der Waals surface area contributed by atoms with E-state index in [1.54, 1.807) is 18.2 Å². The quantitative estimate of drug-likeness (QED) is 0.485. The number of benzene rings is 2. The van der Waals surface area contributed by atoms with Crippen LogP contribution in [0.3, 0.4) is 0 Å². The van der Waals surface area contributed by atoms with Crippen LogP contribution in [-0.4, -0.2) is 11.1 Å². The Bertz CT molecular complexity index is 524. The molecular weight excluding hydrogens is 216 g/mol. The van der Waals surface area contributed by atoms with E-state index in [4.69, 9.17) is 5.84 Å². The molecule has 0 aliphatic heterocycles. The predicted octanol–water partition coefficient (Wildman–Crippen LogP) is 2.17. The first-order valence-electron chi connectivity index (χ1n) is 5.11. The van der Waals surface area contributed by atoms with E-state index in [9.17, 15) is 10.0 Å². The fraction of sp³-hybridized carbons (Fsp3) is 0. The van der Waals surface area contributed by atoms with Crippen LogP contribution < -0.4 is 5.84 Å². The summed E-state index contributed by atoms with van der Waals surface area (Å²) in [5.74, 6) is 4.20. The highest BCUT2D eigenvalue weighted by molar-refractivity contribution is 6.00. The van der Waals surface area contributed by atoms with E-state index in [1.165, 1.54) is 0 Å². The molecule has 0 bridgehead atoms. The Morgan fingerprint density at radius 2 is 1.59 bits per heavy atom.